The first-order valence-corrected chi connectivity index (χ1v) is 12.6. The van der Waals surface area contributed by atoms with Gasteiger partial charge in [0.15, 0.2) is 9.84 Å². The smallest absolute Gasteiger partial charge is 0.254 e. The van der Waals surface area contributed by atoms with Crippen LogP contribution < -0.4 is 4.90 Å². The van der Waals surface area contributed by atoms with Gasteiger partial charge in [0, 0.05) is 61.6 Å². The number of rotatable bonds is 4. The molecule has 0 N–H and O–H groups in total. The standard InChI is InChI=1S/C23H21Cl2N3O3S/c1-32(30,31)18-5-6-19(16-3-2-8-26-15-16)20(14-18)23(29)28-11-9-27(10-12-28)17-4-7-21(24)22(25)13-17/h2-8,13-15H,9-12H2,1H3. The summed E-state index contributed by atoms with van der Waals surface area (Å²) in [6, 6.07) is 13.8. The molecule has 166 valence electrons. The highest BCUT2D eigenvalue weighted by Crippen LogP contribution is 2.30. The topological polar surface area (TPSA) is 70.6 Å². The van der Waals surface area contributed by atoms with E-state index in [-0.39, 0.29) is 10.8 Å². The number of hydrogen-bond acceptors (Lipinski definition) is 5. The van der Waals surface area contributed by atoms with Crippen LogP contribution in [0.25, 0.3) is 11.1 Å². The second-order valence-electron chi connectivity index (χ2n) is 7.60. The largest absolute Gasteiger partial charge is 0.368 e. The zero-order chi connectivity index (χ0) is 22.9. The number of carbonyl (C=O) groups excluding carboxylic acids is 1. The summed E-state index contributed by atoms with van der Waals surface area (Å²) in [7, 11) is -3.46. The van der Waals surface area contributed by atoms with Crippen LogP contribution in [0.1, 0.15) is 10.4 Å². The Balaban J connectivity index is 1.60. The minimum absolute atomic E-state index is 0.114. The van der Waals surface area contributed by atoms with E-state index in [0.29, 0.717) is 47.4 Å². The predicted molar refractivity (Wildman–Crippen MR) is 127 cm³/mol. The molecule has 0 bridgehead atoms. The molecule has 4 rings (SSSR count). The van der Waals surface area contributed by atoms with E-state index in [2.05, 4.69) is 9.88 Å². The Morgan fingerprint density at radius 3 is 2.34 bits per heavy atom. The van der Waals surface area contributed by atoms with Crippen LogP contribution in [0.5, 0.6) is 0 Å². The zero-order valence-corrected chi connectivity index (χ0v) is 19.7. The molecule has 3 aromatic rings. The van der Waals surface area contributed by atoms with E-state index in [1.54, 1.807) is 35.5 Å². The number of piperazine rings is 1. The van der Waals surface area contributed by atoms with Crippen molar-refractivity contribution >= 4 is 44.6 Å². The van der Waals surface area contributed by atoms with Gasteiger partial charge in [-0.25, -0.2) is 8.42 Å². The van der Waals surface area contributed by atoms with Crippen LogP contribution in [0.3, 0.4) is 0 Å². The fraction of sp³-hybridized carbons (Fsp3) is 0.217. The third-order valence-corrected chi connectivity index (χ3v) is 7.31. The lowest BCUT2D eigenvalue weighted by molar-refractivity contribution is 0.0747. The molecule has 9 heteroatoms. The van der Waals surface area contributed by atoms with Gasteiger partial charge in [-0.1, -0.05) is 35.3 Å². The lowest BCUT2D eigenvalue weighted by atomic mass is 10.00. The van der Waals surface area contributed by atoms with E-state index >= 15 is 0 Å². The molecule has 0 spiro atoms. The lowest BCUT2D eigenvalue weighted by Crippen LogP contribution is -2.49. The number of carbonyl (C=O) groups is 1. The third-order valence-electron chi connectivity index (χ3n) is 5.46. The SMILES string of the molecule is CS(=O)(=O)c1ccc(-c2cccnc2)c(C(=O)N2CCN(c3ccc(Cl)c(Cl)c3)CC2)c1. The summed E-state index contributed by atoms with van der Waals surface area (Å²) in [4.78, 5) is 21.6. The normalized spacial score (nSPS) is 14.5. The van der Waals surface area contributed by atoms with Crippen LogP contribution in [-0.2, 0) is 9.84 Å². The van der Waals surface area contributed by atoms with Crippen LogP contribution >= 0.6 is 23.2 Å². The Morgan fingerprint density at radius 2 is 1.72 bits per heavy atom. The van der Waals surface area contributed by atoms with E-state index in [1.807, 2.05) is 18.2 Å². The van der Waals surface area contributed by atoms with Crippen molar-refractivity contribution in [2.75, 3.05) is 37.3 Å². The molecule has 0 radical (unpaired) electrons. The first-order chi connectivity index (χ1) is 15.2. The molecular weight excluding hydrogens is 469 g/mol. The van der Waals surface area contributed by atoms with Crippen molar-refractivity contribution in [2.24, 2.45) is 0 Å². The van der Waals surface area contributed by atoms with Gasteiger partial charge in [-0.2, -0.15) is 0 Å². The van der Waals surface area contributed by atoms with Crippen LogP contribution in [0.4, 0.5) is 5.69 Å². The van der Waals surface area contributed by atoms with Gasteiger partial charge in [0.2, 0.25) is 0 Å². The Bertz CT molecular complexity index is 1260. The summed E-state index contributed by atoms with van der Waals surface area (Å²) >= 11 is 12.2. The van der Waals surface area contributed by atoms with E-state index in [1.165, 1.54) is 12.1 Å². The molecule has 0 unspecified atom stereocenters. The molecule has 1 aliphatic heterocycles. The Hall–Kier alpha value is -2.61. The van der Waals surface area contributed by atoms with Crippen LogP contribution in [0.2, 0.25) is 10.0 Å². The Labute approximate surface area is 197 Å². The molecule has 1 aliphatic rings. The van der Waals surface area contributed by atoms with Crippen LogP contribution in [0.15, 0.2) is 65.8 Å². The van der Waals surface area contributed by atoms with Crippen molar-refractivity contribution in [1.29, 1.82) is 0 Å². The highest BCUT2D eigenvalue weighted by atomic mass is 35.5. The van der Waals surface area contributed by atoms with E-state index in [0.717, 1.165) is 17.5 Å². The minimum Gasteiger partial charge on any atom is -0.368 e. The molecule has 1 aromatic heterocycles. The van der Waals surface area contributed by atoms with Crippen molar-refractivity contribution in [2.45, 2.75) is 4.90 Å². The molecule has 6 nitrogen and oxygen atoms in total. The molecule has 0 aliphatic carbocycles. The zero-order valence-electron chi connectivity index (χ0n) is 17.3. The fourth-order valence-corrected chi connectivity index (χ4v) is 4.66. The van der Waals surface area contributed by atoms with Crippen LogP contribution in [-0.4, -0.2) is 56.6 Å². The summed E-state index contributed by atoms with van der Waals surface area (Å²) in [5.74, 6) is -0.205. The summed E-state index contributed by atoms with van der Waals surface area (Å²) < 4.78 is 24.2. The quantitative estimate of drug-likeness (QED) is 0.542. The number of sulfone groups is 1. The van der Waals surface area contributed by atoms with Crippen molar-refractivity contribution in [3.8, 4) is 11.1 Å². The average molecular weight is 490 g/mol. The molecule has 0 atom stereocenters. The number of hydrogen-bond donors (Lipinski definition) is 0. The van der Waals surface area contributed by atoms with Crippen molar-refractivity contribution < 1.29 is 13.2 Å². The second kappa shape index (κ2) is 9.10. The molecule has 2 heterocycles. The number of pyridine rings is 1. The van der Waals surface area contributed by atoms with Gasteiger partial charge in [-0.3, -0.25) is 9.78 Å². The molecule has 32 heavy (non-hydrogen) atoms. The maximum atomic E-state index is 13.5. The predicted octanol–water partition coefficient (Wildman–Crippen LogP) is 4.42. The molecule has 1 saturated heterocycles. The number of benzene rings is 2. The van der Waals surface area contributed by atoms with E-state index in [4.69, 9.17) is 23.2 Å². The number of aromatic nitrogens is 1. The summed E-state index contributed by atoms with van der Waals surface area (Å²) in [5.41, 5.74) is 2.71. The van der Waals surface area contributed by atoms with Gasteiger partial charge in [0.05, 0.1) is 14.9 Å². The molecule has 1 fully saturated rings. The molecule has 2 aromatic carbocycles. The van der Waals surface area contributed by atoms with Gasteiger partial charge >= 0.3 is 0 Å². The fourth-order valence-electron chi connectivity index (χ4n) is 3.72. The van der Waals surface area contributed by atoms with Crippen molar-refractivity contribution in [1.82, 2.24) is 9.88 Å². The van der Waals surface area contributed by atoms with Gasteiger partial charge in [0.25, 0.3) is 5.91 Å². The van der Waals surface area contributed by atoms with Crippen molar-refractivity contribution in [3.63, 3.8) is 0 Å². The van der Waals surface area contributed by atoms with Gasteiger partial charge in [-0.05, 0) is 42.0 Å². The van der Waals surface area contributed by atoms with E-state index in [9.17, 15) is 13.2 Å². The maximum absolute atomic E-state index is 13.5. The number of amides is 1. The molecular formula is C23H21Cl2N3O3S. The summed E-state index contributed by atoms with van der Waals surface area (Å²) in [6.07, 6.45) is 4.45. The average Bonchev–Trinajstić information content (AvgIpc) is 2.80. The molecule has 0 saturated carbocycles. The Morgan fingerprint density at radius 1 is 0.969 bits per heavy atom. The van der Waals surface area contributed by atoms with Crippen LogP contribution in [0, 0.1) is 0 Å². The summed E-state index contributed by atoms with van der Waals surface area (Å²) in [6.45, 7) is 2.23. The van der Waals surface area contributed by atoms with Gasteiger partial charge in [-0.15, -0.1) is 0 Å². The lowest BCUT2D eigenvalue weighted by Gasteiger charge is -2.36. The van der Waals surface area contributed by atoms with Gasteiger partial charge < -0.3 is 9.80 Å². The first-order valence-electron chi connectivity index (χ1n) is 9.98. The first kappa shape index (κ1) is 22.6. The third kappa shape index (κ3) is 4.75. The minimum atomic E-state index is -3.46. The second-order valence-corrected chi connectivity index (χ2v) is 10.4. The highest BCUT2D eigenvalue weighted by Gasteiger charge is 2.26. The molecule has 1 amide bonds. The van der Waals surface area contributed by atoms with E-state index < -0.39 is 9.84 Å². The monoisotopic (exact) mass is 489 g/mol. The maximum Gasteiger partial charge on any atom is 0.254 e. The number of nitrogens with zero attached hydrogens (tertiary/aromatic N) is 3. The highest BCUT2D eigenvalue weighted by molar-refractivity contribution is 7.90. The number of anilines is 1. The number of halogens is 2. The summed E-state index contributed by atoms with van der Waals surface area (Å²) in [5, 5.41) is 0.985. The Kier molecular flexibility index (Phi) is 6.42. The van der Waals surface area contributed by atoms with Gasteiger partial charge in [0.1, 0.15) is 0 Å². The van der Waals surface area contributed by atoms with Crippen molar-refractivity contribution in [3.05, 3.63) is 76.5 Å².